The minimum atomic E-state index is 0.797. The smallest absolute Gasteiger partial charge is 0.0925 e. The molecule has 0 aliphatic carbocycles. The van der Waals surface area contributed by atoms with Crippen LogP contribution < -0.4 is 0 Å². The number of nitrogens with one attached hydrogen (secondary N) is 1. The lowest BCUT2D eigenvalue weighted by molar-refractivity contribution is 1.12. The van der Waals surface area contributed by atoms with Gasteiger partial charge in [-0.15, -0.1) is 0 Å². The standard InChI is InChI=1S/C6H9N2/c1-3-6-5(2)7-4-8-6/h4H,1,3H2,2H3,(H,7,8). The fourth-order valence-electron chi connectivity index (χ4n) is 0.642. The fourth-order valence-corrected chi connectivity index (χ4v) is 0.642. The molecule has 1 aromatic rings. The summed E-state index contributed by atoms with van der Waals surface area (Å²) in [5.74, 6) is 0. The number of aromatic nitrogens is 2. The molecular formula is C6H9N2. The van der Waals surface area contributed by atoms with Gasteiger partial charge in [0.2, 0.25) is 0 Å². The summed E-state index contributed by atoms with van der Waals surface area (Å²) in [4.78, 5) is 6.97. The van der Waals surface area contributed by atoms with Crippen molar-refractivity contribution in [2.24, 2.45) is 0 Å². The van der Waals surface area contributed by atoms with Crippen LogP contribution in [0.3, 0.4) is 0 Å². The second-order valence-corrected chi connectivity index (χ2v) is 1.72. The van der Waals surface area contributed by atoms with Crippen LogP contribution in [0.25, 0.3) is 0 Å². The van der Waals surface area contributed by atoms with E-state index in [1.807, 2.05) is 6.92 Å². The van der Waals surface area contributed by atoms with Gasteiger partial charge in [0, 0.05) is 5.69 Å². The summed E-state index contributed by atoms with van der Waals surface area (Å²) in [5.41, 5.74) is 2.19. The zero-order valence-electron chi connectivity index (χ0n) is 4.94. The quantitative estimate of drug-likeness (QED) is 0.574. The lowest BCUT2D eigenvalue weighted by Gasteiger charge is -1.86. The minimum Gasteiger partial charge on any atom is -0.348 e. The molecule has 0 unspecified atom stereocenters. The summed E-state index contributed by atoms with van der Waals surface area (Å²) in [5, 5.41) is 0. The van der Waals surface area contributed by atoms with Crippen LogP contribution in [0.1, 0.15) is 11.4 Å². The second kappa shape index (κ2) is 1.99. The fraction of sp³-hybridized carbons (Fsp3) is 0.333. The van der Waals surface area contributed by atoms with Crippen molar-refractivity contribution in [3.8, 4) is 0 Å². The summed E-state index contributed by atoms with van der Waals surface area (Å²) in [6, 6.07) is 0. The molecule has 1 N–H and O–H groups in total. The Bertz CT molecular complexity index is 167. The Morgan fingerprint density at radius 3 is 2.88 bits per heavy atom. The Labute approximate surface area is 49.0 Å². The van der Waals surface area contributed by atoms with Gasteiger partial charge in [-0.1, -0.05) is 0 Å². The summed E-state index contributed by atoms with van der Waals surface area (Å²) in [6.45, 7) is 5.69. The predicted octanol–water partition coefficient (Wildman–Crippen LogP) is 1.09. The van der Waals surface area contributed by atoms with Crippen LogP contribution in [-0.2, 0) is 6.42 Å². The number of aromatic amines is 1. The van der Waals surface area contributed by atoms with Crippen LogP contribution in [-0.4, -0.2) is 9.97 Å². The van der Waals surface area contributed by atoms with Gasteiger partial charge in [0.25, 0.3) is 0 Å². The molecule has 0 fully saturated rings. The van der Waals surface area contributed by atoms with Crippen molar-refractivity contribution in [3.05, 3.63) is 24.6 Å². The van der Waals surface area contributed by atoms with E-state index in [0.29, 0.717) is 0 Å². The number of imidazole rings is 1. The highest BCUT2D eigenvalue weighted by Crippen LogP contribution is 1.98. The van der Waals surface area contributed by atoms with E-state index in [-0.39, 0.29) is 0 Å². The van der Waals surface area contributed by atoms with Gasteiger partial charge in [-0.25, -0.2) is 4.98 Å². The van der Waals surface area contributed by atoms with E-state index < -0.39 is 0 Å². The van der Waals surface area contributed by atoms with Crippen LogP contribution >= 0.6 is 0 Å². The topological polar surface area (TPSA) is 28.7 Å². The first-order valence-corrected chi connectivity index (χ1v) is 2.62. The van der Waals surface area contributed by atoms with E-state index in [1.165, 1.54) is 0 Å². The zero-order chi connectivity index (χ0) is 5.98. The number of hydrogen-bond donors (Lipinski definition) is 1. The Kier molecular flexibility index (Phi) is 1.33. The van der Waals surface area contributed by atoms with Gasteiger partial charge in [-0.3, -0.25) is 0 Å². The highest BCUT2D eigenvalue weighted by molar-refractivity contribution is 5.08. The molecule has 0 aliphatic rings. The monoisotopic (exact) mass is 109 g/mol. The molecule has 1 radical (unpaired) electrons. The summed E-state index contributed by atoms with van der Waals surface area (Å²) in [6.07, 6.45) is 2.49. The van der Waals surface area contributed by atoms with E-state index in [0.717, 1.165) is 17.8 Å². The van der Waals surface area contributed by atoms with Crippen molar-refractivity contribution in [1.82, 2.24) is 9.97 Å². The Balaban J connectivity index is 2.92. The minimum absolute atomic E-state index is 0.797. The highest BCUT2D eigenvalue weighted by Gasteiger charge is 1.93. The molecule has 0 aromatic carbocycles. The molecule has 1 rings (SSSR count). The number of H-pyrrole nitrogens is 1. The van der Waals surface area contributed by atoms with E-state index in [4.69, 9.17) is 0 Å². The molecule has 43 valence electrons. The number of nitrogens with zero attached hydrogens (tertiary/aromatic N) is 1. The Morgan fingerprint density at radius 1 is 1.88 bits per heavy atom. The molecule has 0 bridgehead atoms. The van der Waals surface area contributed by atoms with Gasteiger partial charge in [0.1, 0.15) is 0 Å². The Morgan fingerprint density at radius 2 is 2.62 bits per heavy atom. The molecule has 2 nitrogen and oxygen atoms in total. The first kappa shape index (κ1) is 5.35. The largest absolute Gasteiger partial charge is 0.348 e. The van der Waals surface area contributed by atoms with Crippen molar-refractivity contribution < 1.29 is 0 Å². The molecule has 0 amide bonds. The Hall–Kier alpha value is -0.790. The van der Waals surface area contributed by atoms with Gasteiger partial charge in [0.15, 0.2) is 0 Å². The summed E-state index contributed by atoms with van der Waals surface area (Å²) in [7, 11) is 0. The third-order valence-corrected chi connectivity index (χ3v) is 1.18. The van der Waals surface area contributed by atoms with E-state index >= 15 is 0 Å². The molecule has 0 spiro atoms. The molecule has 8 heavy (non-hydrogen) atoms. The third kappa shape index (κ3) is 0.735. The molecule has 0 saturated carbocycles. The lowest BCUT2D eigenvalue weighted by Crippen LogP contribution is -1.81. The third-order valence-electron chi connectivity index (χ3n) is 1.18. The van der Waals surface area contributed by atoms with Crippen LogP contribution in [0.2, 0.25) is 0 Å². The average molecular weight is 109 g/mol. The maximum Gasteiger partial charge on any atom is 0.0925 e. The lowest BCUT2D eigenvalue weighted by atomic mass is 10.3. The molecule has 0 aliphatic heterocycles. The number of aryl methyl sites for hydroxylation is 1. The van der Waals surface area contributed by atoms with Crippen LogP contribution in [0.5, 0.6) is 0 Å². The van der Waals surface area contributed by atoms with Gasteiger partial charge in [0.05, 0.1) is 12.0 Å². The summed E-state index contributed by atoms with van der Waals surface area (Å²) < 4.78 is 0. The number of hydrogen-bond acceptors (Lipinski definition) is 1. The zero-order valence-corrected chi connectivity index (χ0v) is 4.94. The van der Waals surface area contributed by atoms with Crippen LogP contribution in [0.15, 0.2) is 6.33 Å². The van der Waals surface area contributed by atoms with Gasteiger partial charge < -0.3 is 4.98 Å². The van der Waals surface area contributed by atoms with Crippen LogP contribution in [0.4, 0.5) is 0 Å². The van der Waals surface area contributed by atoms with Crippen molar-refractivity contribution in [3.63, 3.8) is 0 Å². The van der Waals surface area contributed by atoms with Crippen molar-refractivity contribution >= 4 is 0 Å². The second-order valence-electron chi connectivity index (χ2n) is 1.72. The van der Waals surface area contributed by atoms with Crippen molar-refractivity contribution in [2.45, 2.75) is 13.3 Å². The molecule has 1 heterocycles. The first-order chi connectivity index (χ1) is 3.84. The molecular weight excluding hydrogens is 100 g/mol. The van der Waals surface area contributed by atoms with Gasteiger partial charge in [-0.2, -0.15) is 0 Å². The van der Waals surface area contributed by atoms with Crippen LogP contribution in [0, 0.1) is 13.8 Å². The normalized spacial score (nSPS) is 9.75. The van der Waals surface area contributed by atoms with Gasteiger partial charge in [-0.05, 0) is 20.3 Å². The predicted molar refractivity (Wildman–Crippen MR) is 32.4 cm³/mol. The van der Waals surface area contributed by atoms with Gasteiger partial charge >= 0.3 is 0 Å². The molecule has 2 heteroatoms. The maximum atomic E-state index is 3.99. The van der Waals surface area contributed by atoms with Crippen molar-refractivity contribution in [2.75, 3.05) is 0 Å². The average Bonchev–Trinajstić information content (AvgIpc) is 2.14. The summed E-state index contributed by atoms with van der Waals surface area (Å²) >= 11 is 0. The molecule has 0 atom stereocenters. The SMILES string of the molecule is [CH2]Cc1[nH]cnc1C. The molecule has 0 saturated heterocycles. The van der Waals surface area contributed by atoms with Crippen molar-refractivity contribution in [1.29, 1.82) is 0 Å². The maximum absolute atomic E-state index is 3.99. The first-order valence-electron chi connectivity index (χ1n) is 2.62. The van der Waals surface area contributed by atoms with E-state index in [9.17, 15) is 0 Å². The highest BCUT2D eigenvalue weighted by atomic mass is 14.9. The van der Waals surface area contributed by atoms with E-state index in [1.54, 1.807) is 6.33 Å². The van der Waals surface area contributed by atoms with E-state index in [2.05, 4.69) is 16.9 Å². The number of rotatable bonds is 1. The molecule has 1 aromatic heterocycles.